The van der Waals surface area contributed by atoms with Gasteiger partial charge in [0.1, 0.15) is 5.52 Å². The van der Waals surface area contributed by atoms with Crippen LogP contribution in [0.4, 0.5) is 0 Å². The highest BCUT2D eigenvalue weighted by Gasteiger charge is 1.95. The first-order valence-corrected chi connectivity index (χ1v) is 4.17. The highest BCUT2D eigenvalue weighted by atomic mass is 16.3. The lowest BCUT2D eigenvalue weighted by Gasteiger charge is -1.88. The minimum Gasteiger partial charge on any atom is -0.463 e. The monoisotopic (exact) mass is 163 g/mol. The number of hydrogen-bond acceptors (Lipinski definition) is 2. The molecule has 12 heavy (non-hydrogen) atoms. The van der Waals surface area contributed by atoms with E-state index in [2.05, 4.69) is 4.98 Å². The summed E-state index contributed by atoms with van der Waals surface area (Å²) in [5.41, 5.74) is 2.81. The van der Waals surface area contributed by atoms with Gasteiger partial charge in [-0.2, -0.15) is 0 Å². The molecule has 0 atom stereocenters. The Hall–Kier alpha value is -1.31. The number of rotatable bonds is 0. The van der Waals surface area contributed by atoms with Crippen molar-refractivity contribution in [2.45, 2.75) is 20.8 Å². The second-order valence-electron chi connectivity index (χ2n) is 2.26. The first kappa shape index (κ1) is 8.78. The molecule has 2 rings (SSSR count). The number of nitrogens with zero attached hydrogens (tertiary/aromatic N) is 1. The van der Waals surface area contributed by atoms with Crippen LogP contribution in [-0.4, -0.2) is 4.98 Å². The van der Waals surface area contributed by atoms with E-state index in [1.54, 1.807) is 6.26 Å². The molecule has 2 aromatic rings. The number of aromatic nitrogens is 1. The van der Waals surface area contributed by atoms with Crippen molar-refractivity contribution in [2.75, 3.05) is 0 Å². The van der Waals surface area contributed by atoms with Crippen molar-refractivity contribution in [1.82, 2.24) is 4.98 Å². The zero-order valence-electron chi connectivity index (χ0n) is 7.66. The van der Waals surface area contributed by atoms with Crippen LogP contribution in [0.3, 0.4) is 0 Å². The molecule has 0 saturated heterocycles. The number of pyridine rings is 1. The Kier molecular flexibility index (Phi) is 2.86. The first-order chi connectivity index (χ1) is 5.86. The highest BCUT2D eigenvalue weighted by molar-refractivity contribution is 5.71. The van der Waals surface area contributed by atoms with Gasteiger partial charge in [-0.3, -0.25) is 0 Å². The molecule has 0 unspecified atom stereocenters. The summed E-state index contributed by atoms with van der Waals surface area (Å²) < 4.78 is 5.11. The van der Waals surface area contributed by atoms with Crippen molar-refractivity contribution in [3.8, 4) is 0 Å². The molecule has 0 N–H and O–H groups in total. The zero-order valence-corrected chi connectivity index (χ0v) is 7.66. The standard InChI is InChI=1S/C8H7NO.C2H6/c1-6-2-3-8-7(9-6)4-5-10-8;1-2/h2-5H,1H3;1-2H3. The molecule has 0 saturated carbocycles. The molecule has 0 spiro atoms. The SMILES string of the molecule is CC.Cc1ccc2occc2n1. The van der Waals surface area contributed by atoms with Gasteiger partial charge in [0, 0.05) is 11.8 Å². The highest BCUT2D eigenvalue weighted by Crippen LogP contribution is 2.11. The summed E-state index contributed by atoms with van der Waals surface area (Å²) in [4.78, 5) is 4.24. The molecule has 2 heteroatoms. The maximum absolute atomic E-state index is 5.11. The Balaban J connectivity index is 0.000000336. The van der Waals surface area contributed by atoms with E-state index >= 15 is 0 Å². The average Bonchev–Trinajstić information content (AvgIpc) is 2.54. The third kappa shape index (κ3) is 1.64. The maximum Gasteiger partial charge on any atom is 0.152 e. The maximum atomic E-state index is 5.11. The predicted octanol–water partition coefficient (Wildman–Crippen LogP) is 3.16. The lowest BCUT2D eigenvalue weighted by Crippen LogP contribution is -1.76. The summed E-state index contributed by atoms with van der Waals surface area (Å²) in [6.45, 7) is 5.96. The van der Waals surface area contributed by atoms with E-state index in [0.29, 0.717) is 0 Å². The fourth-order valence-corrected chi connectivity index (χ4v) is 0.955. The molecule has 0 aliphatic rings. The van der Waals surface area contributed by atoms with Crippen LogP contribution in [0.1, 0.15) is 19.5 Å². The molecule has 0 fully saturated rings. The van der Waals surface area contributed by atoms with Crippen LogP contribution in [0.2, 0.25) is 0 Å². The largest absolute Gasteiger partial charge is 0.463 e. The molecule has 0 aromatic carbocycles. The van der Waals surface area contributed by atoms with Gasteiger partial charge in [0.2, 0.25) is 0 Å². The molecule has 64 valence electrons. The number of hydrogen-bond donors (Lipinski definition) is 0. The Morgan fingerprint density at radius 1 is 1.17 bits per heavy atom. The van der Waals surface area contributed by atoms with E-state index in [9.17, 15) is 0 Å². The van der Waals surface area contributed by atoms with Gasteiger partial charge in [0.15, 0.2) is 5.58 Å². The van der Waals surface area contributed by atoms with Crippen molar-refractivity contribution in [1.29, 1.82) is 0 Å². The van der Waals surface area contributed by atoms with Gasteiger partial charge in [0.05, 0.1) is 6.26 Å². The summed E-state index contributed by atoms with van der Waals surface area (Å²) in [7, 11) is 0. The average molecular weight is 163 g/mol. The molecule has 2 aromatic heterocycles. The van der Waals surface area contributed by atoms with Crippen LogP contribution >= 0.6 is 0 Å². The third-order valence-corrected chi connectivity index (χ3v) is 1.45. The van der Waals surface area contributed by atoms with Crippen molar-refractivity contribution in [3.05, 3.63) is 30.2 Å². The molecule has 0 aliphatic heterocycles. The topological polar surface area (TPSA) is 26.0 Å². The van der Waals surface area contributed by atoms with Gasteiger partial charge in [-0.1, -0.05) is 13.8 Å². The van der Waals surface area contributed by atoms with E-state index in [-0.39, 0.29) is 0 Å². The minimum absolute atomic E-state index is 0.852. The summed E-state index contributed by atoms with van der Waals surface area (Å²) in [6.07, 6.45) is 1.65. The number of fused-ring (bicyclic) bond motifs is 1. The van der Waals surface area contributed by atoms with Gasteiger partial charge < -0.3 is 4.42 Å². The predicted molar refractivity (Wildman–Crippen MR) is 50.1 cm³/mol. The molecular formula is C10H13NO. The van der Waals surface area contributed by atoms with Crippen LogP contribution in [0.25, 0.3) is 11.1 Å². The Morgan fingerprint density at radius 3 is 2.67 bits per heavy atom. The van der Waals surface area contributed by atoms with Gasteiger partial charge in [-0.25, -0.2) is 4.98 Å². The molecule has 2 nitrogen and oxygen atoms in total. The second kappa shape index (κ2) is 3.90. The van der Waals surface area contributed by atoms with Gasteiger partial charge in [-0.05, 0) is 19.1 Å². The van der Waals surface area contributed by atoms with Crippen molar-refractivity contribution < 1.29 is 4.42 Å². The molecule has 0 radical (unpaired) electrons. The zero-order chi connectivity index (χ0) is 8.97. The Labute approximate surface area is 72.2 Å². The number of furan rings is 1. The molecule has 0 aliphatic carbocycles. The van der Waals surface area contributed by atoms with E-state index in [0.717, 1.165) is 16.8 Å². The number of aryl methyl sites for hydroxylation is 1. The fourth-order valence-electron chi connectivity index (χ4n) is 0.955. The summed E-state index contributed by atoms with van der Waals surface area (Å²) in [5, 5.41) is 0. The quantitative estimate of drug-likeness (QED) is 0.596. The first-order valence-electron chi connectivity index (χ1n) is 4.17. The Morgan fingerprint density at radius 2 is 1.92 bits per heavy atom. The molecule has 2 heterocycles. The lowest BCUT2D eigenvalue weighted by atomic mass is 10.3. The molecule has 0 bridgehead atoms. The van der Waals surface area contributed by atoms with Crippen LogP contribution in [0.5, 0.6) is 0 Å². The summed E-state index contributed by atoms with van der Waals surface area (Å²) in [5.74, 6) is 0. The van der Waals surface area contributed by atoms with E-state index in [4.69, 9.17) is 4.42 Å². The van der Waals surface area contributed by atoms with Crippen LogP contribution in [0.15, 0.2) is 28.9 Å². The fraction of sp³-hybridized carbons (Fsp3) is 0.300. The van der Waals surface area contributed by atoms with E-state index in [1.807, 2.05) is 39.0 Å². The van der Waals surface area contributed by atoms with Gasteiger partial charge in [-0.15, -0.1) is 0 Å². The van der Waals surface area contributed by atoms with Crippen molar-refractivity contribution >= 4 is 11.1 Å². The normalized spacial score (nSPS) is 9.25. The second-order valence-corrected chi connectivity index (χ2v) is 2.26. The molecular weight excluding hydrogens is 150 g/mol. The van der Waals surface area contributed by atoms with Crippen LogP contribution in [-0.2, 0) is 0 Å². The van der Waals surface area contributed by atoms with Crippen LogP contribution in [0, 0.1) is 6.92 Å². The van der Waals surface area contributed by atoms with Crippen LogP contribution < -0.4 is 0 Å². The Bertz CT molecular complexity index is 351. The van der Waals surface area contributed by atoms with Gasteiger partial charge in [0.25, 0.3) is 0 Å². The lowest BCUT2D eigenvalue weighted by molar-refractivity contribution is 0.615. The van der Waals surface area contributed by atoms with E-state index < -0.39 is 0 Å². The van der Waals surface area contributed by atoms with Crippen molar-refractivity contribution in [3.63, 3.8) is 0 Å². The summed E-state index contributed by atoms with van der Waals surface area (Å²) in [6, 6.07) is 5.73. The van der Waals surface area contributed by atoms with Crippen molar-refractivity contribution in [2.24, 2.45) is 0 Å². The van der Waals surface area contributed by atoms with Gasteiger partial charge >= 0.3 is 0 Å². The smallest absolute Gasteiger partial charge is 0.152 e. The minimum atomic E-state index is 0.852. The summed E-state index contributed by atoms with van der Waals surface area (Å²) >= 11 is 0. The third-order valence-electron chi connectivity index (χ3n) is 1.45. The van der Waals surface area contributed by atoms with E-state index in [1.165, 1.54) is 0 Å². The molecule has 0 amide bonds.